The summed E-state index contributed by atoms with van der Waals surface area (Å²) in [6, 6.07) is 0.0225. The number of hydrogen-bond donors (Lipinski definition) is 1. The molecule has 1 aromatic heterocycles. The van der Waals surface area contributed by atoms with Crippen molar-refractivity contribution in [1.29, 1.82) is 0 Å². The van der Waals surface area contributed by atoms with E-state index in [0.29, 0.717) is 0 Å². The predicted molar refractivity (Wildman–Crippen MR) is 73.1 cm³/mol. The molecule has 1 fully saturated rings. The van der Waals surface area contributed by atoms with E-state index in [1.54, 1.807) is 11.3 Å². The van der Waals surface area contributed by atoms with Gasteiger partial charge in [0, 0.05) is 18.0 Å². The third-order valence-electron chi connectivity index (χ3n) is 3.88. The number of anilines is 1. The van der Waals surface area contributed by atoms with Crippen LogP contribution in [0.15, 0.2) is 0 Å². The van der Waals surface area contributed by atoms with Crippen LogP contribution in [0.5, 0.6) is 0 Å². The fraction of sp³-hybridized carbons (Fsp3) is 0.692. The Bertz CT molecular complexity index is 428. The number of aromatic nitrogens is 1. The Hall–Kier alpha value is -1.10. The minimum Gasteiger partial charge on any atom is -0.324 e. The van der Waals surface area contributed by atoms with Gasteiger partial charge in [-0.15, -0.1) is 11.3 Å². The molecule has 3 rings (SSSR count). The van der Waals surface area contributed by atoms with Crippen LogP contribution in [0.25, 0.3) is 0 Å². The van der Waals surface area contributed by atoms with E-state index in [-0.39, 0.29) is 6.03 Å². The van der Waals surface area contributed by atoms with Crippen molar-refractivity contribution in [3.05, 3.63) is 10.6 Å². The monoisotopic (exact) mass is 265 g/mol. The van der Waals surface area contributed by atoms with Crippen molar-refractivity contribution in [3.8, 4) is 0 Å². The van der Waals surface area contributed by atoms with Gasteiger partial charge in [0.2, 0.25) is 0 Å². The summed E-state index contributed by atoms with van der Waals surface area (Å²) in [6.07, 6.45) is 5.64. The van der Waals surface area contributed by atoms with Gasteiger partial charge in [-0.05, 0) is 38.0 Å². The highest BCUT2D eigenvalue weighted by molar-refractivity contribution is 7.15. The van der Waals surface area contributed by atoms with Crippen LogP contribution >= 0.6 is 11.3 Å². The first kappa shape index (κ1) is 12.0. The summed E-state index contributed by atoms with van der Waals surface area (Å²) in [5.74, 6) is 0.748. The highest BCUT2D eigenvalue weighted by Gasteiger charge is 2.22. The van der Waals surface area contributed by atoms with Crippen LogP contribution in [0.1, 0.15) is 36.8 Å². The molecule has 1 aromatic rings. The molecular formula is C13H19N3OS. The van der Waals surface area contributed by atoms with Crippen molar-refractivity contribution >= 4 is 22.5 Å². The Morgan fingerprint density at radius 2 is 2.17 bits per heavy atom. The topological polar surface area (TPSA) is 45.2 Å². The van der Waals surface area contributed by atoms with Gasteiger partial charge in [0.15, 0.2) is 5.13 Å². The Morgan fingerprint density at radius 3 is 2.89 bits per heavy atom. The summed E-state index contributed by atoms with van der Waals surface area (Å²) >= 11 is 1.65. The van der Waals surface area contributed by atoms with Gasteiger partial charge < -0.3 is 4.90 Å². The maximum Gasteiger partial charge on any atom is 0.323 e. The van der Waals surface area contributed by atoms with Crippen molar-refractivity contribution in [2.45, 2.75) is 39.0 Å². The molecule has 1 aliphatic heterocycles. The second-order valence-corrected chi connectivity index (χ2v) is 6.43. The lowest BCUT2D eigenvalue weighted by molar-refractivity contribution is 0.186. The fourth-order valence-corrected chi connectivity index (χ4v) is 3.67. The lowest BCUT2D eigenvalue weighted by Gasteiger charge is -2.29. The number of hydrogen-bond acceptors (Lipinski definition) is 3. The van der Waals surface area contributed by atoms with E-state index < -0.39 is 0 Å². The minimum atomic E-state index is 0.0225. The van der Waals surface area contributed by atoms with Crippen LogP contribution in [0.4, 0.5) is 9.93 Å². The molecule has 1 N–H and O–H groups in total. The highest BCUT2D eigenvalue weighted by Crippen LogP contribution is 2.30. The van der Waals surface area contributed by atoms with Gasteiger partial charge in [0.1, 0.15) is 0 Å². The van der Waals surface area contributed by atoms with Crippen molar-refractivity contribution in [3.63, 3.8) is 0 Å². The number of thiazole rings is 1. The van der Waals surface area contributed by atoms with E-state index in [0.717, 1.165) is 49.8 Å². The number of urea groups is 1. The zero-order valence-electron chi connectivity index (χ0n) is 10.7. The molecule has 0 radical (unpaired) electrons. The van der Waals surface area contributed by atoms with Crippen molar-refractivity contribution in [1.82, 2.24) is 9.88 Å². The van der Waals surface area contributed by atoms with Crippen LogP contribution in [0, 0.1) is 5.92 Å². The van der Waals surface area contributed by atoms with Gasteiger partial charge in [-0.1, -0.05) is 6.92 Å². The molecule has 0 bridgehead atoms. The first-order valence-electron chi connectivity index (χ1n) is 6.77. The molecule has 0 unspecified atom stereocenters. The van der Waals surface area contributed by atoms with Gasteiger partial charge in [0.25, 0.3) is 0 Å². The third-order valence-corrected chi connectivity index (χ3v) is 4.95. The molecule has 0 saturated carbocycles. The summed E-state index contributed by atoms with van der Waals surface area (Å²) < 4.78 is 0. The first-order chi connectivity index (χ1) is 8.72. The number of amides is 2. The molecule has 1 saturated heterocycles. The summed E-state index contributed by atoms with van der Waals surface area (Å²) in [5.41, 5.74) is 1.20. The number of aryl methyl sites for hydroxylation is 2. The summed E-state index contributed by atoms with van der Waals surface area (Å²) in [4.78, 5) is 19.9. The average molecular weight is 265 g/mol. The number of likely N-dealkylation sites (tertiary alicyclic amines) is 1. The molecule has 98 valence electrons. The molecule has 18 heavy (non-hydrogen) atoms. The van der Waals surface area contributed by atoms with Gasteiger partial charge in [-0.25, -0.2) is 9.78 Å². The average Bonchev–Trinajstić information content (AvgIpc) is 2.90. The molecule has 2 heterocycles. The number of carbonyl (C=O) groups is 1. The summed E-state index contributed by atoms with van der Waals surface area (Å²) in [5, 5.41) is 3.73. The Balaban J connectivity index is 1.60. The Labute approximate surface area is 111 Å². The zero-order valence-corrected chi connectivity index (χ0v) is 11.6. The molecule has 0 atom stereocenters. The van der Waals surface area contributed by atoms with Gasteiger partial charge in [-0.3, -0.25) is 5.32 Å². The summed E-state index contributed by atoms with van der Waals surface area (Å²) in [6.45, 7) is 4.00. The van der Waals surface area contributed by atoms with Gasteiger partial charge >= 0.3 is 6.03 Å². The molecule has 2 aliphatic rings. The van der Waals surface area contributed by atoms with Crippen molar-refractivity contribution < 1.29 is 4.79 Å². The number of carbonyl (C=O) groups excluding carboxylic acids is 1. The molecule has 1 aliphatic carbocycles. The number of rotatable bonds is 1. The van der Waals surface area contributed by atoms with Gasteiger partial charge in [0.05, 0.1) is 5.69 Å². The van der Waals surface area contributed by atoms with Crippen LogP contribution < -0.4 is 5.32 Å². The maximum absolute atomic E-state index is 12.1. The van der Waals surface area contributed by atoms with E-state index in [9.17, 15) is 4.79 Å². The normalized spacial score (nSPS) is 19.9. The number of nitrogens with one attached hydrogen (secondary N) is 1. The highest BCUT2D eigenvalue weighted by atomic mass is 32.1. The van der Waals surface area contributed by atoms with Crippen LogP contribution in [-0.4, -0.2) is 29.0 Å². The molecule has 5 heteroatoms. The van der Waals surface area contributed by atoms with Crippen LogP contribution in [-0.2, 0) is 12.8 Å². The van der Waals surface area contributed by atoms with E-state index in [4.69, 9.17) is 0 Å². The maximum atomic E-state index is 12.1. The summed E-state index contributed by atoms with van der Waals surface area (Å²) in [7, 11) is 0. The first-order valence-corrected chi connectivity index (χ1v) is 7.58. The van der Waals surface area contributed by atoms with E-state index in [2.05, 4.69) is 17.2 Å². The van der Waals surface area contributed by atoms with E-state index in [1.807, 2.05) is 4.90 Å². The third kappa shape index (κ3) is 2.36. The second-order valence-electron chi connectivity index (χ2n) is 5.34. The molecule has 0 spiro atoms. The molecule has 4 nitrogen and oxygen atoms in total. The number of nitrogens with zero attached hydrogens (tertiary/aromatic N) is 2. The van der Waals surface area contributed by atoms with Gasteiger partial charge in [-0.2, -0.15) is 0 Å². The Kier molecular flexibility index (Phi) is 3.24. The van der Waals surface area contributed by atoms with Crippen molar-refractivity contribution in [2.75, 3.05) is 18.4 Å². The second kappa shape index (κ2) is 4.88. The minimum absolute atomic E-state index is 0.0225. The lowest BCUT2D eigenvalue weighted by atomic mass is 10.00. The SMILES string of the molecule is CC1CCN(C(=O)Nc2nc3c(s2)CCC3)CC1. The lowest BCUT2D eigenvalue weighted by Crippen LogP contribution is -2.40. The quantitative estimate of drug-likeness (QED) is 0.848. The molecule has 2 amide bonds. The van der Waals surface area contributed by atoms with E-state index >= 15 is 0 Å². The van der Waals surface area contributed by atoms with Crippen LogP contribution in [0.2, 0.25) is 0 Å². The van der Waals surface area contributed by atoms with E-state index in [1.165, 1.54) is 17.0 Å². The predicted octanol–water partition coefficient (Wildman–Crippen LogP) is 2.90. The Morgan fingerprint density at radius 1 is 1.39 bits per heavy atom. The smallest absolute Gasteiger partial charge is 0.323 e. The largest absolute Gasteiger partial charge is 0.324 e. The standard InChI is InChI=1S/C13H19N3OS/c1-9-5-7-16(8-6-9)13(17)15-12-14-10-3-2-4-11(10)18-12/h9H,2-8H2,1H3,(H,14,15,17). The number of piperidine rings is 1. The number of fused-ring (bicyclic) bond motifs is 1. The van der Waals surface area contributed by atoms with Crippen molar-refractivity contribution in [2.24, 2.45) is 5.92 Å². The molecule has 0 aromatic carbocycles. The van der Waals surface area contributed by atoms with Crippen LogP contribution in [0.3, 0.4) is 0 Å². The molecular weight excluding hydrogens is 246 g/mol. The zero-order chi connectivity index (χ0) is 12.5. The fourth-order valence-electron chi connectivity index (χ4n) is 2.63.